The molecule has 7 nitrogen and oxygen atoms in total. The van der Waals surface area contributed by atoms with Gasteiger partial charge >= 0.3 is 5.97 Å². The summed E-state index contributed by atoms with van der Waals surface area (Å²) in [5.74, 6) is -2.20. The van der Waals surface area contributed by atoms with Crippen molar-refractivity contribution in [2.45, 2.75) is 18.2 Å². The molecule has 1 saturated heterocycles. The molecule has 1 unspecified atom stereocenters. The molecule has 0 radical (unpaired) electrons. The van der Waals surface area contributed by atoms with Crippen LogP contribution in [-0.2, 0) is 16.1 Å². The fourth-order valence-corrected chi connectivity index (χ4v) is 4.92. The Bertz CT molecular complexity index is 1210. The smallest absolute Gasteiger partial charge is 0.335 e. The van der Waals surface area contributed by atoms with Gasteiger partial charge in [-0.2, -0.15) is 0 Å². The first-order chi connectivity index (χ1) is 15.9. The van der Waals surface area contributed by atoms with Gasteiger partial charge in [-0.15, -0.1) is 11.3 Å². The van der Waals surface area contributed by atoms with E-state index in [0.717, 1.165) is 16.6 Å². The van der Waals surface area contributed by atoms with E-state index in [1.807, 2.05) is 17.5 Å². The van der Waals surface area contributed by atoms with Crippen molar-refractivity contribution >= 4 is 57.4 Å². The van der Waals surface area contributed by atoms with E-state index in [1.165, 1.54) is 58.7 Å². The van der Waals surface area contributed by atoms with Gasteiger partial charge in [-0.05, 0) is 53.9 Å². The molecule has 1 atom stereocenters. The van der Waals surface area contributed by atoms with Crippen LogP contribution in [0, 0.1) is 5.82 Å². The van der Waals surface area contributed by atoms with Gasteiger partial charge in [0.25, 0.3) is 0 Å². The summed E-state index contributed by atoms with van der Waals surface area (Å²) >= 11 is 2.65. The monoisotopic (exact) mass is 483 g/mol. The van der Waals surface area contributed by atoms with Crippen LogP contribution in [0.15, 0.2) is 71.0 Å². The number of amides is 2. The third-order valence-electron chi connectivity index (χ3n) is 4.75. The van der Waals surface area contributed by atoms with E-state index >= 15 is 0 Å². The highest BCUT2D eigenvalue weighted by molar-refractivity contribution is 8.15. The Balaban J connectivity index is 1.58. The highest BCUT2D eigenvalue weighted by Gasteiger charge is 2.36. The second-order valence-corrected chi connectivity index (χ2v) is 9.32. The zero-order valence-electron chi connectivity index (χ0n) is 17.1. The fraction of sp³-hybridized carbons (Fsp3) is 0.130. The second-order valence-electron chi connectivity index (χ2n) is 7.12. The molecule has 1 aliphatic heterocycles. The molecular weight excluding hydrogens is 465 g/mol. The number of amidine groups is 1. The van der Waals surface area contributed by atoms with Gasteiger partial charge in [0.2, 0.25) is 11.8 Å². The van der Waals surface area contributed by atoms with Crippen LogP contribution in [-0.4, -0.2) is 38.2 Å². The number of benzene rings is 2. The minimum absolute atomic E-state index is 0.0388. The molecule has 2 aromatic carbocycles. The van der Waals surface area contributed by atoms with Gasteiger partial charge in [0, 0.05) is 17.0 Å². The molecule has 0 spiro atoms. The number of thioether (sulfide) groups is 1. The first-order valence-electron chi connectivity index (χ1n) is 9.87. The quantitative estimate of drug-likeness (QED) is 0.527. The molecule has 168 valence electrons. The van der Waals surface area contributed by atoms with Crippen LogP contribution >= 0.6 is 23.1 Å². The van der Waals surface area contributed by atoms with Crippen LogP contribution in [0.25, 0.3) is 0 Å². The zero-order valence-corrected chi connectivity index (χ0v) is 18.7. The summed E-state index contributed by atoms with van der Waals surface area (Å²) in [5.41, 5.74) is 0.824. The van der Waals surface area contributed by atoms with Gasteiger partial charge < -0.3 is 10.4 Å². The van der Waals surface area contributed by atoms with Crippen molar-refractivity contribution in [3.63, 3.8) is 0 Å². The lowest BCUT2D eigenvalue weighted by molar-refractivity contribution is -0.129. The maximum atomic E-state index is 13.3. The molecule has 3 aromatic rings. The van der Waals surface area contributed by atoms with E-state index in [4.69, 9.17) is 5.11 Å². The number of halogens is 1. The molecule has 2 N–H and O–H groups in total. The van der Waals surface area contributed by atoms with Gasteiger partial charge in [-0.25, -0.2) is 14.2 Å². The maximum Gasteiger partial charge on any atom is 0.335 e. The largest absolute Gasteiger partial charge is 0.478 e. The normalized spacial score (nSPS) is 17.2. The number of aliphatic imine (C=N–C) groups is 1. The lowest BCUT2D eigenvalue weighted by atomic mass is 10.2. The van der Waals surface area contributed by atoms with Crippen LogP contribution in [0.5, 0.6) is 0 Å². The predicted molar refractivity (Wildman–Crippen MR) is 126 cm³/mol. The van der Waals surface area contributed by atoms with Gasteiger partial charge in [0.1, 0.15) is 11.1 Å². The third kappa shape index (κ3) is 5.65. The number of carboxylic acids is 1. The lowest BCUT2D eigenvalue weighted by Crippen LogP contribution is -2.44. The molecule has 1 aromatic heterocycles. The molecule has 4 rings (SSSR count). The Kier molecular flexibility index (Phi) is 6.85. The average Bonchev–Trinajstić information content (AvgIpc) is 3.31. The molecule has 2 heterocycles. The Labute approximate surface area is 197 Å². The van der Waals surface area contributed by atoms with Gasteiger partial charge in [0.05, 0.1) is 17.8 Å². The summed E-state index contributed by atoms with van der Waals surface area (Å²) < 4.78 is 13.3. The number of nitrogens with one attached hydrogen (secondary N) is 1. The van der Waals surface area contributed by atoms with E-state index in [1.54, 1.807) is 6.07 Å². The van der Waals surface area contributed by atoms with E-state index in [9.17, 15) is 18.8 Å². The number of nitrogens with zero attached hydrogens (tertiary/aromatic N) is 2. The van der Waals surface area contributed by atoms with Crippen LogP contribution in [0.1, 0.15) is 21.7 Å². The molecule has 10 heteroatoms. The first kappa shape index (κ1) is 22.7. The predicted octanol–water partition coefficient (Wildman–Crippen LogP) is 4.75. The highest BCUT2D eigenvalue weighted by atomic mass is 32.2. The number of hydrogen-bond donors (Lipinski definition) is 2. The Morgan fingerprint density at radius 3 is 2.64 bits per heavy atom. The minimum Gasteiger partial charge on any atom is -0.478 e. The summed E-state index contributed by atoms with van der Waals surface area (Å²) in [6, 6.07) is 15.2. The lowest BCUT2D eigenvalue weighted by Gasteiger charge is -2.31. The summed E-state index contributed by atoms with van der Waals surface area (Å²) in [4.78, 5) is 44.1. The zero-order chi connectivity index (χ0) is 23.4. The fourth-order valence-electron chi connectivity index (χ4n) is 3.13. The van der Waals surface area contributed by atoms with Gasteiger partial charge in [-0.1, -0.05) is 23.9 Å². The van der Waals surface area contributed by atoms with E-state index < -0.39 is 22.9 Å². The molecule has 2 amide bonds. The van der Waals surface area contributed by atoms with Crippen LogP contribution < -0.4 is 5.32 Å². The highest BCUT2D eigenvalue weighted by Crippen LogP contribution is 2.31. The molecular formula is C23H18FN3O4S2. The minimum atomic E-state index is -1.11. The van der Waals surface area contributed by atoms with Crippen LogP contribution in [0.2, 0.25) is 0 Å². The van der Waals surface area contributed by atoms with Crippen molar-refractivity contribution in [3.8, 4) is 0 Å². The molecule has 0 bridgehead atoms. The summed E-state index contributed by atoms with van der Waals surface area (Å²) in [6.07, 6.45) is -0.0388. The molecule has 0 aliphatic carbocycles. The summed E-state index contributed by atoms with van der Waals surface area (Å²) in [5, 5.41) is 13.3. The van der Waals surface area contributed by atoms with Crippen molar-refractivity contribution < 1.29 is 23.9 Å². The molecule has 1 fully saturated rings. The number of anilines is 1. The first-order valence-corrected chi connectivity index (χ1v) is 11.6. The number of thiophene rings is 1. The van der Waals surface area contributed by atoms with E-state index in [-0.39, 0.29) is 17.9 Å². The Morgan fingerprint density at radius 2 is 1.94 bits per heavy atom. The maximum absolute atomic E-state index is 13.3. The average molecular weight is 484 g/mol. The third-order valence-corrected chi connectivity index (χ3v) is 6.80. The van der Waals surface area contributed by atoms with Crippen molar-refractivity contribution in [1.29, 1.82) is 0 Å². The van der Waals surface area contributed by atoms with Crippen LogP contribution in [0.3, 0.4) is 0 Å². The molecule has 33 heavy (non-hydrogen) atoms. The number of rotatable bonds is 6. The number of hydrogen-bond acceptors (Lipinski definition) is 6. The number of aromatic carboxylic acids is 1. The van der Waals surface area contributed by atoms with E-state index in [0.29, 0.717) is 23.1 Å². The number of carbonyl (C=O) groups excluding carboxylic acids is 2. The number of carbonyl (C=O) groups is 3. The number of carboxylic acid groups (broad SMARTS) is 1. The van der Waals surface area contributed by atoms with Crippen molar-refractivity contribution in [3.05, 3.63) is 82.3 Å². The van der Waals surface area contributed by atoms with Gasteiger partial charge in [-0.3, -0.25) is 14.5 Å². The van der Waals surface area contributed by atoms with E-state index in [2.05, 4.69) is 10.3 Å². The van der Waals surface area contributed by atoms with Gasteiger partial charge in [0.15, 0.2) is 5.17 Å². The molecule has 0 saturated carbocycles. The molecule has 1 aliphatic rings. The second kappa shape index (κ2) is 9.97. The standard InChI is InChI=1S/C23H18FN3O4S2/c24-15-6-8-16(9-7-15)26-23-27(13-18-5-2-10-32-18)20(28)12-19(33-23)21(29)25-17-4-1-3-14(11-17)22(30)31/h1-11,19H,12-13H2,(H,25,29)(H,30,31). The Morgan fingerprint density at radius 1 is 1.15 bits per heavy atom. The van der Waals surface area contributed by atoms with Crippen molar-refractivity contribution in [2.75, 3.05) is 5.32 Å². The topological polar surface area (TPSA) is 99.1 Å². The van der Waals surface area contributed by atoms with Crippen molar-refractivity contribution in [2.24, 2.45) is 4.99 Å². The summed E-state index contributed by atoms with van der Waals surface area (Å²) in [7, 11) is 0. The van der Waals surface area contributed by atoms with Crippen LogP contribution in [0.4, 0.5) is 15.8 Å². The van der Waals surface area contributed by atoms with Crippen molar-refractivity contribution in [1.82, 2.24) is 4.90 Å². The SMILES string of the molecule is O=C(O)c1cccc(NC(=O)C2CC(=O)N(Cc3cccs3)C(=Nc3ccc(F)cc3)S2)c1. The Hall–Kier alpha value is -3.50. The summed E-state index contributed by atoms with van der Waals surface area (Å²) in [6.45, 7) is 0.318.